The van der Waals surface area contributed by atoms with Gasteiger partial charge in [0.05, 0.1) is 32.5 Å². The number of anilines is 3. The van der Waals surface area contributed by atoms with Crippen LogP contribution in [0.15, 0.2) is 35.3 Å². The summed E-state index contributed by atoms with van der Waals surface area (Å²) in [5, 5.41) is 22.5. The number of hydrogen-bond acceptors (Lipinski definition) is 11. The van der Waals surface area contributed by atoms with E-state index >= 15 is 0 Å². The molecule has 0 radical (unpaired) electrons. The van der Waals surface area contributed by atoms with Crippen molar-refractivity contribution in [2.45, 2.75) is 18.4 Å². The summed E-state index contributed by atoms with van der Waals surface area (Å²) in [4.78, 5) is 37.9. The number of esters is 1. The highest BCUT2D eigenvalue weighted by molar-refractivity contribution is 5.91. The molecule has 0 atom stereocenters. The Balaban J connectivity index is 1.77. The molecule has 0 aliphatic carbocycles. The Morgan fingerprint density at radius 3 is 2.35 bits per heavy atom. The molecule has 0 unspecified atom stereocenters. The lowest BCUT2D eigenvalue weighted by atomic mass is 9.92. The Morgan fingerprint density at radius 1 is 1.12 bits per heavy atom. The second kappa shape index (κ2) is 9.15. The molecule has 34 heavy (non-hydrogen) atoms. The highest BCUT2D eigenvalue weighted by Crippen LogP contribution is 2.34. The molecular formula is C22H25N5O7. The van der Waals surface area contributed by atoms with E-state index < -0.39 is 17.1 Å². The molecular weight excluding hydrogens is 446 g/mol. The molecule has 12 heteroatoms. The number of pyridine rings is 1. The zero-order valence-corrected chi connectivity index (χ0v) is 18.9. The molecule has 0 amide bonds. The summed E-state index contributed by atoms with van der Waals surface area (Å²) in [5.74, 6) is 0.352. The number of methoxy groups -OCH3 is 3. The number of carbonyl (C=O) groups is 1. The summed E-state index contributed by atoms with van der Waals surface area (Å²) in [6, 6.07) is 6.36. The Hall–Kier alpha value is -3.90. The van der Waals surface area contributed by atoms with E-state index in [1.54, 1.807) is 29.2 Å². The molecule has 4 rings (SSSR count). The van der Waals surface area contributed by atoms with Crippen molar-refractivity contribution in [3.63, 3.8) is 0 Å². The summed E-state index contributed by atoms with van der Waals surface area (Å²) in [6.45, 7) is 0.524. The first-order valence-corrected chi connectivity index (χ1v) is 10.5. The number of aliphatic hydroxyl groups is 1. The van der Waals surface area contributed by atoms with Crippen LogP contribution in [0.1, 0.15) is 12.8 Å². The fourth-order valence-corrected chi connectivity index (χ4v) is 3.86. The predicted octanol–water partition coefficient (Wildman–Crippen LogP) is 1.37. The topological polar surface area (TPSA) is 150 Å². The molecule has 0 spiro atoms. The number of H-pyrrole nitrogens is 1. The Kier molecular flexibility index (Phi) is 6.26. The van der Waals surface area contributed by atoms with Crippen LogP contribution < -0.4 is 25.0 Å². The molecule has 0 bridgehead atoms. The first kappa shape index (κ1) is 23.3. The smallest absolute Gasteiger partial charge is 0.337 e. The second-order valence-electron chi connectivity index (χ2n) is 7.81. The van der Waals surface area contributed by atoms with Crippen LogP contribution in [0.3, 0.4) is 0 Å². The Bertz CT molecular complexity index is 1250. The number of aromatic amines is 1. The van der Waals surface area contributed by atoms with Gasteiger partial charge in [-0.2, -0.15) is 4.98 Å². The summed E-state index contributed by atoms with van der Waals surface area (Å²) >= 11 is 0. The number of fused-ring (bicyclic) bond motifs is 1. The number of rotatable bonds is 6. The van der Waals surface area contributed by atoms with E-state index in [0.717, 1.165) is 5.06 Å². The van der Waals surface area contributed by atoms with Crippen molar-refractivity contribution in [3.05, 3.63) is 40.8 Å². The Labute approximate surface area is 194 Å². The van der Waals surface area contributed by atoms with Crippen molar-refractivity contribution in [3.8, 4) is 11.5 Å². The maximum Gasteiger partial charge on any atom is 0.337 e. The standard InChI is InChI=1S/C22H25N5O7/c1-32-14-10-13(11-15(12-14)33-2)27(31)18-17-16(4-7-23-19(17)28)24-21(25-18)26-8-5-22(30,6-9-26)20(29)34-3/h4,7,10-12,30-31H,5-6,8-9H2,1-3H3,(H,23,28). The second-order valence-corrected chi connectivity index (χ2v) is 7.81. The number of piperidine rings is 1. The Morgan fingerprint density at radius 2 is 1.76 bits per heavy atom. The molecule has 1 aliphatic rings. The number of benzene rings is 1. The fourth-order valence-electron chi connectivity index (χ4n) is 3.86. The van der Waals surface area contributed by atoms with Crippen LogP contribution in [-0.2, 0) is 9.53 Å². The number of aromatic nitrogens is 3. The normalized spacial score (nSPS) is 15.1. The summed E-state index contributed by atoms with van der Waals surface area (Å²) in [6.07, 6.45) is 1.68. The van der Waals surface area contributed by atoms with Gasteiger partial charge in [0.25, 0.3) is 5.56 Å². The predicted molar refractivity (Wildman–Crippen MR) is 122 cm³/mol. The van der Waals surface area contributed by atoms with Crippen LogP contribution in [0.5, 0.6) is 11.5 Å². The molecule has 1 fully saturated rings. The van der Waals surface area contributed by atoms with Crippen molar-refractivity contribution in [2.75, 3.05) is 44.4 Å². The van der Waals surface area contributed by atoms with Gasteiger partial charge in [-0.3, -0.25) is 10.0 Å². The van der Waals surface area contributed by atoms with E-state index in [-0.39, 0.29) is 48.8 Å². The van der Waals surface area contributed by atoms with Gasteiger partial charge < -0.3 is 29.2 Å². The van der Waals surface area contributed by atoms with Gasteiger partial charge in [0, 0.05) is 50.3 Å². The molecule has 12 nitrogen and oxygen atoms in total. The SMILES string of the molecule is COC(=O)C1(O)CCN(c2nc(N(O)c3cc(OC)cc(OC)c3)c3c(=O)[nH]ccc3n2)CC1. The van der Waals surface area contributed by atoms with Crippen LogP contribution >= 0.6 is 0 Å². The average Bonchev–Trinajstić information content (AvgIpc) is 2.87. The maximum atomic E-state index is 12.6. The maximum absolute atomic E-state index is 12.6. The van der Waals surface area contributed by atoms with Gasteiger partial charge in [0.15, 0.2) is 11.4 Å². The minimum absolute atomic E-state index is 0.0500. The van der Waals surface area contributed by atoms with Crippen LogP contribution in [-0.4, -0.2) is 71.3 Å². The molecule has 3 N–H and O–H groups in total. The molecule has 1 aromatic carbocycles. The van der Waals surface area contributed by atoms with Crippen molar-refractivity contribution < 1.29 is 29.3 Å². The summed E-state index contributed by atoms with van der Waals surface area (Å²) in [5.41, 5.74) is -1.50. The summed E-state index contributed by atoms with van der Waals surface area (Å²) in [7, 11) is 4.19. The number of nitrogens with zero attached hydrogens (tertiary/aromatic N) is 4. The minimum atomic E-state index is -1.58. The lowest BCUT2D eigenvalue weighted by molar-refractivity contribution is -0.164. The van der Waals surface area contributed by atoms with E-state index in [0.29, 0.717) is 17.0 Å². The minimum Gasteiger partial charge on any atom is -0.497 e. The number of hydrogen-bond donors (Lipinski definition) is 3. The van der Waals surface area contributed by atoms with Crippen molar-refractivity contribution >= 4 is 34.3 Å². The summed E-state index contributed by atoms with van der Waals surface area (Å²) < 4.78 is 15.3. The molecule has 3 aromatic rings. The fraction of sp³-hybridized carbons (Fsp3) is 0.364. The van der Waals surface area contributed by atoms with Crippen LogP contribution in [0, 0.1) is 0 Å². The van der Waals surface area contributed by atoms with Crippen LogP contribution in [0.25, 0.3) is 10.9 Å². The highest BCUT2D eigenvalue weighted by Gasteiger charge is 2.41. The quantitative estimate of drug-likeness (QED) is 0.353. The third-order valence-electron chi connectivity index (χ3n) is 5.81. The van der Waals surface area contributed by atoms with Gasteiger partial charge in [-0.15, -0.1) is 0 Å². The lowest BCUT2D eigenvalue weighted by Crippen LogP contribution is -2.50. The van der Waals surface area contributed by atoms with Gasteiger partial charge in [-0.1, -0.05) is 0 Å². The first-order valence-electron chi connectivity index (χ1n) is 10.5. The first-order chi connectivity index (χ1) is 16.3. The van der Waals surface area contributed by atoms with Crippen LogP contribution in [0.4, 0.5) is 17.5 Å². The van der Waals surface area contributed by atoms with Crippen LogP contribution in [0.2, 0.25) is 0 Å². The molecule has 0 saturated carbocycles. The van der Waals surface area contributed by atoms with Gasteiger partial charge >= 0.3 is 5.97 Å². The zero-order chi connectivity index (χ0) is 24.5. The third kappa shape index (κ3) is 4.20. The van der Waals surface area contributed by atoms with Crippen molar-refractivity contribution in [1.82, 2.24) is 15.0 Å². The number of nitrogens with one attached hydrogen (secondary N) is 1. The van der Waals surface area contributed by atoms with E-state index in [1.807, 2.05) is 0 Å². The average molecular weight is 471 g/mol. The van der Waals surface area contributed by atoms with Gasteiger partial charge in [0.2, 0.25) is 5.95 Å². The monoisotopic (exact) mass is 471 g/mol. The van der Waals surface area contributed by atoms with Gasteiger partial charge in [-0.25, -0.2) is 14.8 Å². The number of carbonyl (C=O) groups excluding carboxylic acids is 1. The number of ether oxygens (including phenoxy) is 3. The van der Waals surface area contributed by atoms with E-state index in [4.69, 9.17) is 14.2 Å². The van der Waals surface area contributed by atoms with E-state index in [2.05, 4.69) is 15.0 Å². The lowest BCUT2D eigenvalue weighted by Gasteiger charge is -2.36. The largest absolute Gasteiger partial charge is 0.497 e. The van der Waals surface area contributed by atoms with E-state index in [1.165, 1.54) is 27.5 Å². The molecule has 1 saturated heterocycles. The molecule has 180 valence electrons. The van der Waals surface area contributed by atoms with Gasteiger partial charge in [0.1, 0.15) is 16.9 Å². The van der Waals surface area contributed by atoms with Crippen molar-refractivity contribution in [1.29, 1.82) is 0 Å². The van der Waals surface area contributed by atoms with Gasteiger partial charge in [-0.05, 0) is 6.07 Å². The van der Waals surface area contributed by atoms with Crippen molar-refractivity contribution in [2.24, 2.45) is 0 Å². The molecule has 2 aromatic heterocycles. The molecule has 3 heterocycles. The third-order valence-corrected chi connectivity index (χ3v) is 5.81. The highest BCUT2D eigenvalue weighted by atomic mass is 16.5. The zero-order valence-electron chi connectivity index (χ0n) is 18.9. The van der Waals surface area contributed by atoms with E-state index in [9.17, 15) is 19.9 Å². The molecule has 1 aliphatic heterocycles.